The normalized spacial score (nSPS) is 22.8. The average Bonchev–Trinajstić information content (AvgIpc) is 3.04. The maximum absolute atomic E-state index is 13.4. The summed E-state index contributed by atoms with van der Waals surface area (Å²) in [7, 11) is -3.94. The Morgan fingerprint density at radius 3 is 2.82 bits per heavy atom. The van der Waals surface area contributed by atoms with Crippen molar-refractivity contribution in [3.05, 3.63) is 29.5 Å². The van der Waals surface area contributed by atoms with E-state index in [0.717, 1.165) is 36.8 Å². The van der Waals surface area contributed by atoms with Gasteiger partial charge in [-0.05, 0) is 45.2 Å². The fraction of sp³-hybridized carbons (Fsp3) is 0.526. The molecule has 9 heteroatoms. The summed E-state index contributed by atoms with van der Waals surface area (Å²) in [5.41, 5.74) is 3.38. The quantitative estimate of drug-likeness (QED) is 0.581. The molecule has 1 aromatic heterocycles. The number of sulfonamides is 1. The molecule has 1 saturated heterocycles. The number of amides is 1. The topological polar surface area (TPSA) is 99.9 Å². The summed E-state index contributed by atoms with van der Waals surface area (Å²) in [6.07, 6.45) is 4.02. The molecule has 1 fully saturated rings. The molecule has 0 bridgehead atoms. The summed E-state index contributed by atoms with van der Waals surface area (Å²) in [5.74, 6) is 0.790. The first-order chi connectivity index (χ1) is 13.3. The minimum Gasteiger partial charge on any atom is -0.461 e. The van der Waals surface area contributed by atoms with Gasteiger partial charge in [0.2, 0.25) is 10.0 Å². The van der Waals surface area contributed by atoms with Crippen LogP contribution in [0, 0.1) is 0 Å². The van der Waals surface area contributed by atoms with Crippen LogP contribution < -0.4 is 5.48 Å². The van der Waals surface area contributed by atoms with Crippen LogP contribution in [-0.4, -0.2) is 46.9 Å². The van der Waals surface area contributed by atoms with E-state index in [4.69, 9.17) is 9.62 Å². The van der Waals surface area contributed by atoms with Crippen LogP contribution in [0.4, 0.5) is 0 Å². The number of thioether (sulfide) groups is 1. The summed E-state index contributed by atoms with van der Waals surface area (Å²) in [5, 5.41) is 10.1. The number of benzene rings is 1. The van der Waals surface area contributed by atoms with E-state index in [1.165, 1.54) is 21.6 Å². The molecule has 0 unspecified atom stereocenters. The lowest BCUT2D eigenvalue weighted by atomic mass is 9.96. The Hall–Kier alpha value is -1.55. The summed E-state index contributed by atoms with van der Waals surface area (Å²) < 4.78 is 33.3. The van der Waals surface area contributed by atoms with Crippen molar-refractivity contribution in [3.63, 3.8) is 0 Å². The number of hydroxylamine groups is 1. The number of carbonyl (C=O) groups is 1. The van der Waals surface area contributed by atoms with Gasteiger partial charge in [0, 0.05) is 40.5 Å². The molecule has 1 atom stereocenters. The number of hydrogen-bond acceptors (Lipinski definition) is 6. The maximum atomic E-state index is 13.4. The summed E-state index contributed by atoms with van der Waals surface area (Å²) in [6, 6.07) is 3.94. The van der Waals surface area contributed by atoms with Gasteiger partial charge in [0.15, 0.2) is 0 Å². The molecule has 4 rings (SSSR count). The third-order valence-corrected chi connectivity index (χ3v) is 8.84. The van der Waals surface area contributed by atoms with Gasteiger partial charge < -0.3 is 4.42 Å². The fourth-order valence-electron chi connectivity index (χ4n) is 4.26. The number of nitrogens with zero attached hydrogens (tertiary/aromatic N) is 1. The first kappa shape index (κ1) is 19.8. The van der Waals surface area contributed by atoms with Gasteiger partial charge in [-0.1, -0.05) is 0 Å². The van der Waals surface area contributed by atoms with Crippen molar-refractivity contribution in [1.29, 1.82) is 0 Å². The molecule has 28 heavy (non-hydrogen) atoms. The molecule has 0 radical (unpaired) electrons. The Balaban J connectivity index is 1.77. The van der Waals surface area contributed by atoms with Gasteiger partial charge in [0.05, 0.1) is 4.90 Å². The number of nitrogens with one attached hydrogen (secondary N) is 1. The Morgan fingerprint density at radius 1 is 1.32 bits per heavy atom. The van der Waals surface area contributed by atoms with Gasteiger partial charge in [0.25, 0.3) is 5.91 Å². The van der Waals surface area contributed by atoms with E-state index in [0.29, 0.717) is 11.3 Å². The number of furan rings is 1. The molecule has 7 nitrogen and oxygen atoms in total. The molecule has 0 spiro atoms. The largest absolute Gasteiger partial charge is 0.461 e. The molecule has 1 amide bonds. The van der Waals surface area contributed by atoms with Crippen molar-refractivity contribution >= 4 is 38.7 Å². The highest BCUT2D eigenvalue weighted by Gasteiger charge is 2.48. The van der Waals surface area contributed by atoms with E-state index in [2.05, 4.69) is 0 Å². The first-order valence-corrected chi connectivity index (χ1v) is 11.8. The fourth-order valence-corrected chi connectivity index (χ4v) is 7.38. The summed E-state index contributed by atoms with van der Waals surface area (Å²) in [6.45, 7) is 3.81. The van der Waals surface area contributed by atoms with Crippen molar-refractivity contribution in [2.24, 2.45) is 0 Å². The van der Waals surface area contributed by atoms with E-state index in [-0.39, 0.29) is 11.4 Å². The van der Waals surface area contributed by atoms with Crippen LogP contribution in [0.15, 0.2) is 27.5 Å². The second-order valence-corrected chi connectivity index (χ2v) is 11.5. The van der Waals surface area contributed by atoms with E-state index < -0.39 is 26.7 Å². The van der Waals surface area contributed by atoms with E-state index >= 15 is 0 Å². The Morgan fingerprint density at radius 2 is 2.07 bits per heavy atom. The molecule has 1 aliphatic heterocycles. The number of aryl methyl sites for hydroxylation is 2. The van der Waals surface area contributed by atoms with Crippen LogP contribution in [0.5, 0.6) is 0 Å². The number of carbonyl (C=O) groups excluding carboxylic acids is 1. The molecule has 152 valence electrons. The maximum Gasteiger partial charge on any atom is 0.263 e. The molecule has 2 N–H and O–H groups in total. The summed E-state index contributed by atoms with van der Waals surface area (Å²) in [4.78, 5) is 12.4. The minimum atomic E-state index is -3.94. The minimum absolute atomic E-state index is 0.101. The van der Waals surface area contributed by atoms with Gasteiger partial charge in [0.1, 0.15) is 17.4 Å². The van der Waals surface area contributed by atoms with Crippen LogP contribution in [0.2, 0.25) is 0 Å². The third kappa shape index (κ3) is 3.14. The Kier molecular flexibility index (Phi) is 4.97. The van der Waals surface area contributed by atoms with E-state index in [9.17, 15) is 13.2 Å². The zero-order valence-corrected chi connectivity index (χ0v) is 17.5. The van der Waals surface area contributed by atoms with Crippen LogP contribution in [-0.2, 0) is 27.7 Å². The third-order valence-electron chi connectivity index (χ3n) is 5.63. The average molecular weight is 425 g/mol. The molecular weight excluding hydrogens is 400 g/mol. The Bertz CT molecular complexity index is 1030. The second kappa shape index (κ2) is 7.05. The zero-order valence-electron chi connectivity index (χ0n) is 15.9. The second-order valence-electron chi connectivity index (χ2n) is 7.82. The molecule has 0 saturated carbocycles. The van der Waals surface area contributed by atoms with Gasteiger partial charge in [-0.15, -0.1) is 0 Å². The van der Waals surface area contributed by atoms with E-state index in [1.807, 2.05) is 13.8 Å². The lowest BCUT2D eigenvalue weighted by Gasteiger charge is -2.43. The summed E-state index contributed by atoms with van der Waals surface area (Å²) >= 11 is 1.51. The molecule has 2 aliphatic rings. The van der Waals surface area contributed by atoms with Crippen molar-refractivity contribution in [2.45, 2.75) is 55.2 Å². The number of hydrogen-bond donors (Lipinski definition) is 2. The van der Waals surface area contributed by atoms with E-state index in [1.54, 1.807) is 23.7 Å². The van der Waals surface area contributed by atoms with Gasteiger partial charge in [-0.25, -0.2) is 13.9 Å². The lowest BCUT2D eigenvalue weighted by molar-refractivity contribution is -0.134. The van der Waals surface area contributed by atoms with Gasteiger partial charge in [-0.3, -0.25) is 10.0 Å². The van der Waals surface area contributed by atoms with Crippen LogP contribution in [0.1, 0.15) is 38.0 Å². The monoisotopic (exact) mass is 424 g/mol. The van der Waals surface area contributed by atoms with Crippen molar-refractivity contribution in [1.82, 2.24) is 9.79 Å². The van der Waals surface area contributed by atoms with Crippen molar-refractivity contribution in [2.75, 3.05) is 12.3 Å². The zero-order chi connectivity index (χ0) is 20.1. The first-order valence-electron chi connectivity index (χ1n) is 9.40. The van der Waals surface area contributed by atoms with Gasteiger partial charge >= 0.3 is 0 Å². The molecule has 1 aromatic carbocycles. The lowest BCUT2D eigenvalue weighted by Crippen LogP contribution is -2.61. The standard InChI is InChI=1S/C19H24N2O5S2/c1-19(2)17(18(22)20-23)21(9-10-27-19)28(24,25)12-7-8-14-13-5-3-4-6-15(13)26-16(14)11-12/h7-8,11,17,23H,3-6,9-10H2,1-2H3,(H,20,22)/t17-/m0/s1. The Labute approximate surface area is 168 Å². The molecule has 1 aliphatic carbocycles. The predicted octanol–water partition coefficient (Wildman–Crippen LogP) is 2.70. The number of rotatable bonds is 3. The van der Waals surface area contributed by atoms with Gasteiger partial charge in [-0.2, -0.15) is 16.1 Å². The highest BCUT2D eigenvalue weighted by atomic mass is 32.2. The SMILES string of the molecule is CC1(C)SCCN(S(=O)(=O)c2ccc3c4c(oc3c2)CCCC4)[C@H]1C(=O)NO. The van der Waals surface area contributed by atoms with Crippen LogP contribution in [0.3, 0.4) is 0 Å². The number of fused-ring (bicyclic) bond motifs is 3. The highest BCUT2D eigenvalue weighted by Crippen LogP contribution is 2.39. The molecule has 2 heterocycles. The highest BCUT2D eigenvalue weighted by molar-refractivity contribution is 8.00. The smallest absolute Gasteiger partial charge is 0.263 e. The van der Waals surface area contributed by atoms with Crippen molar-refractivity contribution < 1.29 is 22.8 Å². The van der Waals surface area contributed by atoms with Crippen LogP contribution in [0.25, 0.3) is 11.0 Å². The van der Waals surface area contributed by atoms with Crippen LogP contribution >= 0.6 is 11.8 Å². The molecule has 2 aromatic rings. The van der Waals surface area contributed by atoms with Crippen molar-refractivity contribution in [3.8, 4) is 0 Å². The predicted molar refractivity (Wildman–Crippen MR) is 107 cm³/mol. The molecular formula is C19H24N2O5S2.